The number of likely N-dealkylation sites (tertiary alicyclic amines) is 1. The molecular formula is C18H23ClN6O2. The molecule has 27 heavy (non-hydrogen) atoms. The molecule has 0 saturated carbocycles. The van der Waals surface area contributed by atoms with Gasteiger partial charge in [-0.2, -0.15) is 5.10 Å². The first-order valence-corrected chi connectivity index (χ1v) is 9.20. The van der Waals surface area contributed by atoms with E-state index in [0.29, 0.717) is 16.4 Å². The number of piperidine rings is 1. The Bertz CT molecular complexity index is 800. The molecule has 8 nitrogen and oxygen atoms in total. The maximum absolute atomic E-state index is 12.5. The summed E-state index contributed by atoms with van der Waals surface area (Å²) in [6.45, 7) is 1.72. The molecule has 1 aromatic carbocycles. The molecule has 1 aliphatic heterocycles. The van der Waals surface area contributed by atoms with Crippen LogP contribution in [0.2, 0.25) is 5.02 Å². The fraction of sp³-hybridized carbons (Fsp3) is 0.444. The zero-order valence-corrected chi connectivity index (χ0v) is 16.2. The summed E-state index contributed by atoms with van der Waals surface area (Å²) in [6, 6.07) is 5.21. The first-order valence-electron chi connectivity index (χ1n) is 8.82. The van der Waals surface area contributed by atoms with Crippen LogP contribution < -0.4 is 5.32 Å². The Hall–Kier alpha value is -2.45. The third-order valence-electron chi connectivity index (χ3n) is 4.64. The normalized spacial score (nSPS) is 15.5. The Morgan fingerprint density at radius 3 is 2.67 bits per heavy atom. The summed E-state index contributed by atoms with van der Waals surface area (Å²) in [5.41, 5.74) is 1.27. The highest BCUT2D eigenvalue weighted by atomic mass is 35.5. The summed E-state index contributed by atoms with van der Waals surface area (Å²) in [5, 5.41) is 7.54. The van der Waals surface area contributed by atoms with E-state index < -0.39 is 0 Å². The summed E-state index contributed by atoms with van der Waals surface area (Å²) in [5.74, 6) is 0.0812. The second-order valence-electron chi connectivity index (χ2n) is 6.83. The number of hydrogen-bond donors (Lipinski definition) is 1. The van der Waals surface area contributed by atoms with Crippen molar-refractivity contribution in [3.63, 3.8) is 0 Å². The van der Waals surface area contributed by atoms with Crippen LogP contribution in [0.3, 0.4) is 0 Å². The molecule has 2 amide bonds. The predicted octanol–water partition coefficient (Wildman–Crippen LogP) is 1.66. The molecule has 1 aromatic heterocycles. The minimum Gasteiger partial charge on any atom is -0.349 e. The summed E-state index contributed by atoms with van der Waals surface area (Å²) in [6.07, 6.45) is 4.53. The second kappa shape index (κ2) is 8.49. The Morgan fingerprint density at radius 1 is 1.30 bits per heavy atom. The van der Waals surface area contributed by atoms with E-state index in [-0.39, 0.29) is 24.3 Å². The Labute approximate surface area is 163 Å². The number of benzene rings is 1. The standard InChI is InChI=1S/C18H23ClN6O2/c1-23(2)18(27)13-5-7-24(8-6-13)10-17(26)22-15-9-14(19)3-4-16(15)25-12-20-11-21-25/h3-4,9,11-13H,5-8,10H2,1-2H3,(H,22,26). The highest BCUT2D eigenvalue weighted by Crippen LogP contribution is 2.24. The molecule has 144 valence electrons. The lowest BCUT2D eigenvalue weighted by molar-refractivity contribution is -0.134. The van der Waals surface area contributed by atoms with Crippen LogP contribution in [0.5, 0.6) is 0 Å². The van der Waals surface area contributed by atoms with Crippen LogP contribution in [-0.2, 0) is 9.59 Å². The summed E-state index contributed by atoms with van der Waals surface area (Å²) in [4.78, 5) is 32.2. The molecule has 0 radical (unpaired) electrons. The van der Waals surface area contributed by atoms with Gasteiger partial charge in [0.15, 0.2) is 0 Å². The monoisotopic (exact) mass is 390 g/mol. The maximum Gasteiger partial charge on any atom is 0.238 e. The highest BCUT2D eigenvalue weighted by Gasteiger charge is 2.27. The van der Waals surface area contributed by atoms with Gasteiger partial charge in [0.1, 0.15) is 12.7 Å². The molecule has 1 aliphatic rings. The van der Waals surface area contributed by atoms with E-state index in [4.69, 9.17) is 11.6 Å². The van der Waals surface area contributed by atoms with Crippen LogP contribution in [0.25, 0.3) is 5.69 Å². The Morgan fingerprint density at radius 2 is 2.04 bits per heavy atom. The number of anilines is 1. The smallest absolute Gasteiger partial charge is 0.238 e. The molecule has 2 heterocycles. The zero-order chi connectivity index (χ0) is 19.4. The van der Waals surface area contributed by atoms with E-state index in [1.165, 1.54) is 6.33 Å². The molecule has 2 aromatic rings. The number of aromatic nitrogens is 3. The molecule has 0 aliphatic carbocycles. The number of nitrogens with one attached hydrogen (secondary N) is 1. The van der Waals surface area contributed by atoms with Gasteiger partial charge in [-0.1, -0.05) is 11.6 Å². The van der Waals surface area contributed by atoms with Crippen LogP contribution in [0, 0.1) is 5.92 Å². The van der Waals surface area contributed by atoms with Gasteiger partial charge in [0.25, 0.3) is 0 Å². The van der Waals surface area contributed by atoms with Crippen molar-refractivity contribution in [3.8, 4) is 5.69 Å². The number of rotatable bonds is 5. The molecule has 1 saturated heterocycles. The molecular weight excluding hydrogens is 368 g/mol. The van der Waals surface area contributed by atoms with Crippen molar-refractivity contribution < 1.29 is 9.59 Å². The van der Waals surface area contributed by atoms with Gasteiger partial charge in [0, 0.05) is 25.0 Å². The topological polar surface area (TPSA) is 83.4 Å². The third-order valence-corrected chi connectivity index (χ3v) is 4.88. The summed E-state index contributed by atoms with van der Waals surface area (Å²) >= 11 is 6.08. The van der Waals surface area contributed by atoms with E-state index in [1.54, 1.807) is 48.2 Å². The van der Waals surface area contributed by atoms with Gasteiger partial charge >= 0.3 is 0 Å². The fourth-order valence-corrected chi connectivity index (χ4v) is 3.41. The lowest BCUT2D eigenvalue weighted by Gasteiger charge is -2.31. The molecule has 0 atom stereocenters. The fourth-order valence-electron chi connectivity index (χ4n) is 3.24. The van der Waals surface area contributed by atoms with Crippen LogP contribution >= 0.6 is 11.6 Å². The van der Waals surface area contributed by atoms with Crippen LogP contribution in [0.4, 0.5) is 5.69 Å². The van der Waals surface area contributed by atoms with E-state index in [0.717, 1.165) is 25.9 Å². The van der Waals surface area contributed by atoms with Gasteiger partial charge in [-0.25, -0.2) is 9.67 Å². The zero-order valence-electron chi connectivity index (χ0n) is 15.4. The van der Waals surface area contributed by atoms with Crippen molar-refractivity contribution in [1.82, 2.24) is 24.6 Å². The van der Waals surface area contributed by atoms with Crippen molar-refractivity contribution in [1.29, 1.82) is 0 Å². The van der Waals surface area contributed by atoms with Gasteiger partial charge in [0.05, 0.1) is 17.9 Å². The summed E-state index contributed by atoms with van der Waals surface area (Å²) < 4.78 is 1.57. The number of carbonyl (C=O) groups excluding carboxylic acids is 2. The van der Waals surface area contributed by atoms with Crippen LogP contribution in [-0.4, -0.2) is 70.1 Å². The van der Waals surface area contributed by atoms with Crippen LogP contribution in [0.1, 0.15) is 12.8 Å². The molecule has 0 unspecified atom stereocenters. The van der Waals surface area contributed by atoms with Gasteiger partial charge in [0.2, 0.25) is 11.8 Å². The van der Waals surface area contributed by atoms with Crippen molar-refractivity contribution in [3.05, 3.63) is 35.9 Å². The first kappa shape index (κ1) is 19.3. The number of nitrogens with zero attached hydrogens (tertiary/aromatic N) is 5. The van der Waals surface area contributed by atoms with E-state index in [9.17, 15) is 9.59 Å². The van der Waals surface area contributed by atoms with Crippen LogP contribution in [0.15, 0.2) is 30.9 Å². The van der Waals surface area contributed by atoms with Crippen molar-refractivity contribution in [2.45, 2.75) is 12.8 Å². The molecule has 0 bridgehead atoms. The minimum atomic E-state index is -0.129. The molecule has 1 N–H and O–H groups in total. The predicted molar refractivity (Wildman–Crippen MR) is 103 cm³/mol. The average Bonchev–Trinajstić information content (AvgIpc) is 3.16. The lowest BCUT2D eigenvalue weighted by Crippen LogP contribution is -2.43. The Balaban J connectivity index is 1.59. The highest BCUT2D eigenvalue weighted by molar-refractivity contribution is 6.31. The molecule has 3 rings (SSSR count). The SMILES string of the molecule is CN(C)C(=O)C1CCN(CC(=O)Nc2cc(Cl)ccc2-n2cncn2)CC1. The average molecular weight is 391 g/mol. The summed E-state index contributed by atoms with van der Waals surface area (Å²) in [7, 11) is 3.56. The molecule has 0 spiro atoms. The Kier molecular flexibility index (Phi) is 6.08. The van der Waals surface area contributed by atoms with Crippen molar-refractivity contribution >= 4 is 29.1 Å². The van der Waals surface area contributed by atoms with Gasteiger partial charge in [-0.3, -0.25) is 14.5 Å². The van der Waals surface area contributed by atoms with Crippen molar-refractivity contribution in [2.24, 2.45) is 5.92 Å². The van der Waals surface area contributed by atoms with Gasteiger partial charge in [-0.15, -0.1) is 0 Å². The van der Waals surface area contributed by atoms with E-state index in [2.05, 4.69) is 20.3 Å². The minimum absolute atomic E-state index is 0.0474. The largest absolute Gasteiger partial charge is 0.349 e. The molecule has 9 heteroatoms. The van der Waals surface area contributed by atoms with Gasteiger partial charge in [-0.05, 0) is 44.1 Å². The number of hydrogen-bond acceptors (Lipinski definition) is 5. The maximum atomic E-state index is 12.5. The lowest BCUT2D eigenvalue weighted by atomic mass is 9.95. The number of halogens is 1. The number of amides is 2. The van der Waals surface area contributed by atoms with E-state index >= 15 is 0 Å². The third kappa shape index (κ3) is 4.84. The first-order chi connectivity index (χ1) is 12.9. The second-order valence-corrected chi connectivity index (χ2v) is 7.27. The van der Waals surface area contributed by atoms with Gasteiger partial charge < -0.3 is 10.2 Å². The van der Waals surface area contributed by atoms with Crippen molar-refractivity contribution in [2.75, 3.05) is 39.0 Å². The number of carbonyl (C=O) groups is 2. The molecule has 1 fully saturated rings. The van der Waals surface area contributed by atoms with E-state index in [1.807, 2.05) is 0 Å². The quantitative estimate of drug-likeness (QED) is 0.839.